The number of methoxy groups -OCH3 is 1. The number of amides is 1. The van der Waals surface area contributed by atoms with Crippen molar-refractivity contribution < 1.29 is 72.0 Å². The van der Waals surface area contributed by atoms with Crippen LogP contribution in [-0.4, -0.2) is 170 Å². The molecule has 2 N–H and O–H groups in total. The lowest BCUT2D eigenvalue weighted by Gasteiger charge is -2.50. The van der Waals surface area contributed by atoms with Crippen LogP contribution in [0.25, 0.3) is 0 Å². The normalized spacial score (nSPS) is 45.1. The van der Waals surface area contributed by atoms with Crippen molar-refractivity contribution in [1.29, 1.82) is 0 Å². The second kappa shape index (κ2) is 21.6. The number of esters is 2. The minimum absolute atomic E-state index is 0.0862. The van der Waals surface area contributed by atoms with Gasteiger partial charge in [0.05, 0.1) is 60.8 Å². The van der Waals surface area contributed by atoms with Crippen LogP contribution in [0.15, 0.2) is 35.3 Å². The number of carbonyl (C=O) groups excluding carboxylic acids is 3. The SMILES string of the molecule is CC[C@H]1OC(=O)[C@H](C)[C@@H](O[C@H]2C[C@@](C)(OC)[C@@H](OC(=O)c3ccccc3)[C@H](C)O2)[C@H](C)[C@@H](O[C@@H]2O[C@H](C)C[C@H](N(C)C)[C@H]2O)[C@]2(C)C[C@@H](C)C(=NC(C)=O)[C@H](C)[C@@H](OCC3OC3CO2)[C@]1(C)O. The van der Waals surface area contributed by atoms with E-state index in [4.69, 9.17) is 47.4 Å². The molecule has 2 bridgehead atoms. The number of hydrogen-bond acceptors (Lipinski definition) is 16. The Labute approximate surface area is 396 Å². The highest BCUT2D eigenvalue weighted by atomic mass is 16.7. The molecule has 0 spiro atoms. The van der Waals surface area contributed by atoms with Gasteiger partial charge in [-0.15, -0.1) is 0 Å². The van der Waals surface area contributed by atoms with Gasteiger partial charge in [-0.1, -0.05) is 45.9 Å². The van der Waals surface area contributed by atoms with E-state index < -0.39 is 114 Å². The molecule has 5 fully saturated rings. The Hall–Kier alpha value is -2.94. The van der Waals surface area contributed by atoms with Gasteiger partial charge in [-0.25, -0.2) is 9.79 Å². The van der Waals surface area contributed by atoms with E-state index in [0.717, 1.165) is 0 Å². The van der Waals surface area contributed by atoms with Crippen molar-refractivity contribution in [3.63, 3.8) is 0 Å². The minimum atomic E-state index is -1.78. The average Bonchev–Trinajstić information content (AvgIpc) is 4.03. The van der Waals surface area contributed by atoms with Gasteiger partial charge in [0.25, 0.3) is 0 Å². The molecule has 2 unspecified atom stereocenters. The van der Waals surface area contributed by atoms with Gasteiger partial charge in [0.15, 0.2) is 18.7 Å². The highest BCUT2D eigenvalue weighted by Crippen LogP contribution is 2.44. The number of hydrogen-bond donors (Lipinski definition) is 2. The van der Waals surface area contributed by atoms with Crippen molar-refractivity contribution in [2.75, 3.05) is 34.4 Å². The number of ether oxygens (including phenoxy) is 10. The minimum Gasteiger partial charge on any atom is -0.459 e. The summed E-state index contributed by atoms with van der Waals surface area (Å²) < 4.78 is 65.5. The molecule has 6 rings (SSSR count). The predicted octanol–water partition coefficient (Wildman–Crippen LogP) is 4.90. The Morgan fingerprint density at radius 1 is 0.910 bits per heavy atom. The van der Waals surface area contributed by atoms with Gasteiger partial charge in [-0.05, 0) is 93.0 Å². The summed E-state index contributed by atoms with van der Waals surface area (Å²) in [4.78, 5) is 47.8. The van der Waals surface area contributed by atoms with Crippen LogP contribution >= 0.6 is 0 Å². The van der Waals surface area contributed by atoms with Gasteiger partial charge in [0.2, 0.25) is 5.91 Å². The van der Waals surface area contributed by atoms with Crippen molar-refractivity contribution in [3.05, 3.63) is 35.9 Å². The lowest BCUT2D eigenvalue weighted by Crippen LogP contribution is -2.62. The molecule has 5 heterocycles. The molecule has 378 valence electrons. The Morgan fingerprint density at radius 2 is 1.58 bits per heavy atom. The Morgan fingerprint density at radius 3 is 2.21 bits per heavy atom. The van der Waals surface area contributed by atoms with Crippen molar-refractivity contribution in [3.8, 4) is 0 Å². The number of likely N-dealkylation sites (N-methyl/N-ethyl adjacent to an activating group) is 1. The third kappa shape index (κ3) is 11.8. The number of benzene rings is 1. The molecule has 17 heteroatoms. The molecule has 0 radical (unpaired) electrons. The Balaban J connectivity index is 1.48. The lowest BCUT2D eigenvalue weighted by atomic mass is 9.73. The molecule has 1 amide bonds. The summed E-state index contributed by atoms with van der Waals surface area (Å²) in [6, 6.07) is 8.36. The highest BCUT2D eigenvalue weighted by molar-refractivity contribution is 5.98. The summed E-state index contributed by atoms with van der Waals surface area (Å²) in [6.45, 7) is 19.9. The smallest absolute Gasteiger partial charge is 0.338 e. The van der Waals surface area contributed by atoms with E-state index in [-0.39, 0.29) is 56.8 Å². The summed E-state index contributed by atoms with van der Waals surface area (Å²) in [6.07, 6.45) is -8.89. The predicted molar refractivity (Wildman–Crippen MR) is 245 cm³/mol. The van der Waals surface area contributed by atoms with Crippen molar-refractivity contribution in [2.45, 2.75) is 198 Å². The fourth-order valence-corrected chi connectivity index (χ4v) is 11.1. The van der Waals surface area contributed by atoms with Crippen LogP contribution in [0.2, 0.25) is 0 Å². The number of fused-ring (bicyclic) bond motifs is 6. The zero-order valence-electron chi connectivity index (χ0n) is 42.0. The second-order valence-corrected chi connectivity index (χ2v) is 20.7. The zero-order chi connectivity index (χ0) is 49.3. The molecule has 5 aliphatic rings. The molecule has 20 atom stereocenters. The van der Waals surface area contributed by atoms with Gasteiger partial charge in [-0.3, -0.25) is 9.59 Å². The van der Waals surface area contributed by atoms with Crippen LogP contribution in [0.5, 0.6) is 0 Å². The lowest BCUT2D eigenvalue weighted by molar-refractivity contribution is -0.320. The van der Waals surface area contributed by atoms with E-state index >= 15 is 0 Å². The average molecular weight is 947 g/mol. The van der Waals surface area contributed by atoms with E-state index in [1.54, 1.807) is 45.0 Å². The fourth-order valence-electron chi connectivity index (χ4n) is 11.1. The maximum absolute atomic E-state index is 14.9. The van der Waals surface area contributed by atoms with Gasteiger partial charge in [-0.2, -0.15) is 0 Å². The number of cyclic esters (lactones) is 1. The Kier molecular flexibility index (Phi) is 17.2. The first kappa shape index (κ1) is 53.4. The molecule has 0 aromatic heterocycles. The molecule has 0 aliphatic carbocycles. The number of epoxide rings is 1. The number of nitrogens with zero attached hydrogens (tertiary/aromatic N) is 2. The van der Waals surface area contributed by atoms with Crippen LogP contribution in [0.3, 0.4) is 0 Å². The van der Waals surface area contributed by atoms with Gasteiger partial charge < -0.3 is 62.5 Å². The molecule has 1 aromatic carbocycles. The van der Waals surface area contributed by atoms with E-state index in [2.05, 4.69) is 4.99 Å². The third-order valence-electron chi connectivity index (χ3n) is 15.0. The van der Waals surface area contributed by atoms with E-state index in [1.165, 1.54) is 14.0 Å². The van der Waals surface area contributed by atoms with Gasteiger partial charge in [0.1, 0.15) is 35.6 Å². The molecular weight excluding hydrogens is 869 g/mol. The largest absolute Gasteiger partial charge is 0.459 e. The number of aliphatic hydroxyl groups is 2. The molecule has 5 saturated heterocycles. The van der Waals surface area contributed by atoms with E-state index in [9.17, 15) is 24.6 Å². The van der Waals surface area contributed by atoms with Gasteiger partial charge >= 0.3 is 11.9 Å². The summed E-state index contributed by atoms with van der Waals surface area (Å²) in [5.41, 5.74) is -3.33. The maximum atomic E-state index is 14.9. The standard InChI is InChI=1S/C50H78N2O15/c1-15-37-50(11,57)43-28(4)39(51-32(8)53)26(2)22-49(10,60-25-36-35(63-36)24-59-43)42(67-47-40(54)34(52(12)13)21-27(3)61-47)29(5)41(30(6)45(55)64-37)65-38-23-48(9,58-14)44(31(7)62-38)66-46(56)33-19-17-16-18-20-33/h16-20,26-31,34-38,40-44,47,54,57H,15,21-25H2,1-14H3/t26-,27-,28+,29+,30-,31+,34+,35?,36?,37-,38+,40-,41+,42-,43-,44+,47+,48-,49+,50-/m1/s1. The zero-order valence-corrected chi connectivity index (χ0v) is 42.0. The summed E-state index contributed by atoms with van der Waals surface area (Å²) in [5, 5.41) is 24.6. The molecule has 1 aromatic rings. The van der Waals surface area contributed by atoms with Crippen LogP contribution in [-0.2, 0) is 57.0 Å². The summed E-state index contributed by atoms with van der Waals surface area (Å²) >= 11 is 0. The highest BCUT2D eigenvalue weighted by Gasteiger charge is 2.56. The molecule has 67 heavy (non-hydrogen) atoms. The van der Waals surface area contributed by atoms with E-state index in [1.807, 2.05) is 73.5 Å². The van der Waals surface area contributed by atoms with Crippen molar-refractivity contribution in [1.82, 2.24) is 4.90 Å². The topological polar surface area (TPSA) is 203 Å². The monoisotopic (exact) mass is 947 g/mol. The molecule has 5 aliphatic heterocycles. The first-order valence-corrected chi connectivity index (χ1v) is 24.1. The van der Waals surface area contributed by atoms with Crippen LogP contribution in [0.4, 0.5) is 0 Å². The quantitative estimate of drug-likeness (QED) is 0.250. The maximum Gasteiger partial charge on any atom is 0.338 e. The number of rotatable bonds is 9. The van der Waals surface area contributed by atoms with Crippen LogP contribution in [0, 0.1) is 23.7 Å². The Bertz CT molecular complexity index is 1880. The number of aliphatic hydroxyl groups excluding tert-OH is 1. The van der Waals surface area contributed by atoms with Crippen molar-refractivity contribution in [2.24, 2.45) is 28.7 Å². The number of aliphatic imine (C=N–C) groups is 1. The second-order valence-electron chi connectivity index (χ2n) is 20.7. The molecule has 17 nitrogen and oxygen atoms in total. The summed E-state index contributed by atoms with van der Waals surface area (Å²) in [7, 11) is 5.34. The molecule has 0 saturated carbocycles. The van der Waals surface area contributed by atoms with Crippen LogP contribution in [0.1, 0.15) is 112 Å². The first-order chi connectivity index (χ1) is 31.4. The van der Waals surface area contributed by atoms with E-state index in [0.29, 0.717) is 17.7 Å². The summed E-state index contributed by atoms with van der Waals surface area (Å²) in [5.74, 6) is -4.56. The third-order valence-corrected chi connectivity index (χ3v) is 15.0. The molecular formula is C50H78N2O15. The van der Waals surface area contributed by atoms with Gasteiger partial charge in [0, 0.05) is 44.0 Å². The fraction of sp³-hybridized carbons (Fsp3) is 0.800. The van der Waals surface area contributed by atoms with Crippen LogP contribution < -0.4 is 0 Å². The number of carbonyl (C=O) groups is 3. The first-order valence-electron chi connectivity index (χ1n) is 24.1. The van der Waals surface area contributed by atoms with Crippen molar-refractivity contribution >= 4 is 23.6 Å².